The third-order valence-corrected chi connectivity index (χ3v) is 3.15. The van der Waals surface area contributed by atoms with Gasteiger partial charge in [0.05, 0.1) is 6.10 Å². The van der Waals surface area contributed by atoms with E-state index in [0.717, 1.165) is 25.7 Å². The van der Waals surface area contributed by atoms with Gasteiger partial charge in [0.25, 0.3) is 0 Å². The lowest BCUT2D eigenvalue weighted by Gasteiger charge is -2.27. The van der Waals surface area contributed by atoms with E-state index < -0.39 is 0 Å². The summed E-state index contributed by atoms with van der Waals surface area (Å²) in [5.74, 6) is -0.327. The van der Waals surface area contributed by atoms with Gasteiger partial charge in [-0.25, -0.2) is 4.79 Å². The van der Waals surface area contributed by atoms with Crippen molar-refractivity contribution < 1.29 is 14.3 Å². The molecule has 2 rings (SSSR count). The first-order valence-electron chi connectivity index (χ1n) is 5.92. The van der Waals surface area contributed by atoms with E-state index in [1.807, 2.05) is 0 Å². The van der Waals surface area contributed by atoms with Crippen LogP contribution in [0.4, 0.5) is 0 Å². The number of aryl methyl sites for hydroxylation is 1. The first-order valence-corrected chi connectivity index (χ1v) is 5.92. The van der Waals surface area contributed by atoms with Crippen LogP contribution in [0.3, 0.4) is 0 Å². The Morgan fingerprint density at radius 2 is 2.00 bits per heavy atom. The normalized spacial score (nSPS) is 24.6. The molecule has 1 heterocycles. The molecule has 0 bridgehead atoms. The molecular formula is C12H18N2O3. The number of hydrogen-bond acceptors (Lipinski definition) is 4. The molecule has 0 aromatic carbocycles. The molecule has 0 aliphatic heterocycles. The molecule has 1 saturated carbocycles. The Kier molecular flexibility index (Phi) is 3.78. The van der Waals surface area contributed by atoms with Crippen LogP contribution >= 0.6 is 0 Å². The standard InChI is InChI=1S/C12H18N2O3/c1-14-8-7-11(13-14)12(15)17-10-5-3-9(16-2)4-6-10/h7-10H,3-6H2,1-2H3. The Bertz CT molecular complexity index is 381. The zero-order chi connectivity index (χ0) is 12.3. The van der Waals surface area contributed by atoms with Crippen molar-refractivity contribution in [1.82, 2.24) is 9.78 Å². The summed E-state index contributed by atoms with van der Waals surface area (Å²) in [6.45, 7) is 0. The number of carbonyl (C=O) groups excluding carboxylic acids is 1. The van der Waals surface area contributed by atoms with E-state index in [-0.39, 0.29) is 12.1 Å². The van der Waals surface area contributed by atoms with Gasteiger partial charge in [-0.1, -0.05) is 0 Å². The molecule has 0 atom stereocenters. The van der Waals surface area contributed by atoms with Gasteiger partial charge in [0.1, 0.15) is 6.10 Å². The van der Waals surface area contributed by atoms with E-state index in [0.29, 0.717) is 11.8 Å². The van der Waals surface area contributed by atoms with Crippen molar-refractivity contribution >= 4 is 5.97 Å². The van der Waals surface area contributed by atoms with Crippen molar-refractivity contribution in [3.8, 4) is 0 Å². The SMILES string of the molecule is COC1CCC(OC(=O)c2ccn(C)n2)CC1. The maximum atomic E-state index is 11.7. The summed E-state index contributed by atoms with van der Waals surface area (Å²) in [5, 5.41) is 4.02. The average Bonchev–Trinajstić information content (AvgIpc) is 2.77. The molecule has 0 radical (unpaired) electrons. The molecule has 17 heavy (non-hydrogen) atoms. The molecule has 1 fully saturated rings. The van der Waals surface area contributed by atoms with E-state index in [1.165, 1.54) is 0 Å². The number of ether oxygens (including phenoxy) is 2. The number of rotatable bonds is 3. The molecule has 1 aliphatic carbocycles. The van der Waals surface area contributed by atoms with Crippen LogP contribution in [0, 0.1) is 0 Å². The van der Waals surface area contributed by atoms with Gasteiger partial charge in [0.2, 0.25) is 0 Å². The lowest BCUT2D eigenvalue weighted by atomic mass is 9.95. The highest BCUT2D eigenvalue weighted by Gasteiger charge is 2.24. The highest BCUT2D eigenvalue weighted by molar-refractivity contribution is 5.87. The van der Waals surface area contributed by atoms with Crippen molar-refractivity contribution in [2.24, 2.45) is 7.05 Å². The average molecular weight is 238 g/mol. The molecule has 1 aromatic heterocycles. The first kappa shape index (κ1) is 12.1. The van der Waals surface area contributed by atoms with Crippen molar-refractivity contribution in [3.05, 3.63) is 18.0 Å². The summed E-state index contributed by atoms with van der Waals surface area (Å²) < 4.78 is 12.3. The van der Waals surface area contributed by atoms with Crippen LogP contribution in [0.5, 0.6) is 0 Å². The molecule has 0 amide bonds. The number of carbonyl (C=O) groups is 1. The molecule has 0 unspecified atom stereocenters. The number of hydrogen-bond donors (Lipinski definition) is 0. The van der Waals surface area contributed by atoms with Gasteiger partial charge in [-0.05, 0) is 31.7 Å². The summed E-state index contributed by atoms with van der Waals surface area (Å²) in [6.07, 6.45) is 5.72. The van der Waals surface area contributed by atoms with Crippen molar-refractivity contribution in [3.63, 3.8) is 0 Å². The minimum atomic E-state index is -0.327. The van der Waals surface area contributed by atoms with Gasteiger partial charge < -0.3 is 9.47 Å². The second-order valence-corrected chi connectivity index (χ2v) is 4.41. The smallest absolute Gasteiger partial charge is 0.359 e. The van der Waals surface area contributed by atoms with Gasteiger partial charge in [-0.3, -0.25) is 4.68 Å². The van der Waals surface area contributed by atoms with Crippen molar-refractivity contribution in [2.75, 3.05) is 7.11 Å². The third-order valence-electron chi connectivity index (χ3n) is 3.15. The van der Waals surface area contributed by atoms with Crippen LogP contribution in [-0.2, 0) is 16.5 Å². The fourth-order valence-electron chi connectivity index (χ4n) is 2.12. The molecule has 5 nitrogen and oxygen atoms in total. The zero-order valence-electron chi connectivity index (χ0n) is 10.3. The highest BCUT2D eigenvalue weighted by Crippen LogP contribution is 2.23. The molecular weight excluding hydrogens is 220 g/mol. The molecule has 1 aromatic rings. The minimum Gasteiger partial charge on any atom is -0.458 e. The van der Waals surface area contributed by atoms with E-state index in [2.05, 4.69) is 5.10 Å². The molecule has 0 saturated heterocycles. The van der Waals surface area contributed by atoms with E-state index in [1.54, 1.807) is 31.1 Å². The lowest BCUT2D eigenvalue weighted by molar-refractivity contribution is -0.00587. The van der Waals surface area contributed by atoms with Crippen LogP contribution in [0.25, 0.3) is 0 Å². The molecule has 1 aliphatic rings. The molecule has 0 spiro atoms. The Hall–Kier alpha value is -1.36. The van der Waals surface area contributed by atoms with Crippen LogP contribution in [0.2, 0.25) is 0 Å². The van der Waals surface area contributed by atoms with Crippen molar-refractivity contribution in [1.29, 1.82) is 0 Å². The summed E-state index contributed by atoms with van der Waals surface area (Å²) >= 11 is 0. The van der Waals surface area contributed by atoms with Crippen molar-refractivity contribution in [2.45, 2.75) is 37.9 Å². The topological polar surface area (TPSA) is 53.4 Å². The first-order chi connectivity index (χ1) is 8.19. The maximum Gasteiger partial charge on any atom is 0.359 e. The number of aromatic nitrogens is 2. The Morgan fingerprint density at radius 1 is 1.35 bits per heavy atom. The Balaban J connectivity index is 1.84. The van der Waals surface area contributed by atoms with Gasteiger partial charge in [-0.2, -0.15) is 5.10 Å². The predicted octanol–water partition coefficient (Wildman–Crippen LogP) is 1.53. The summed E-state index contributed by atoms with van der Waals surface area (Å²) in [7, 11) is 3.51. The largest absolute Gasteiger partial charge is 0.458 e. The monoisotopic (exact) mass is 238 g/mol. The van der Waals surface area contributed by atoms with E-state index in [4.69, 9.17) is 9.47 Å². The van der Waals surface area contributed by atoms with Gasteiger partial charge >= 0.3 is 5.97 Å². The molecule has 94 valence electrons. The highest BCUT2D eigenvalue weighted by atomic mass is 16.5. The van der Waals surface area contributed by atoms with Crippen LogP contribution < -0.4 is 0 Å². The van der Waals surface area contributed by atoms with Crippen LogP contribution in [0.15, 0.2) is 12.3 Å². The van der Waals surface area contributed by atoms with Gasteiger partial charge in [0, 0.05) is 20.4 Å². The third kappa shape index (κ3) is 3.06. The Morgan fingerprint density at radius 3 is 2.53 bits per heavy atom. The van der Waals surface area contributed by atoms with E-state index >= 15 is 0 Å². The van der Waals surface area contributed by atoms with Crippen LogP contribution in [-0.4, -0.2) is 35.1 Å². The van der Waals surface area contributed by atoms with Gasteiger partial charge in [-0.15, -0.1) is 0 Å². The second kappa shape index (κ2) is 5.31. The summed E-state index contributed by atoms with van der Waals surface area (Å²) in [6, 6.07) is 1.67. The fourth-order valence-corrected chi connectivity index (χ4v) is 2.12. The van der Waals surface area contributed by atoms with Crippen LogP contribution in [0.1, 0.15) is 36.2 Å². The number of esters is 1. The fraction of sp³-hybridized carbons (Fsp3) is 0.667. The van der Waals surface area contributed by atoms with E-state index in [9.17, 15) is 4.79 Å². The number of methoxy groups -OCH3 is 1. The summed E-state index contributed by atoms with van der Waals surface area (Å²) in [4.78, 5) is 11.7. The molecule has 5 heteroatoms. The molecule has 0 N–H and O–H groups in total. The minimum absolute atomic E-state index is 0.0101. The predicted molar refractivity (Wildman–Crippen MR) is 61.7 cm³/mol. The maximum absolute atomic E-state index is 11.7. The lowest BCUT2D eigenvalue weighted by Crippen LogP contribution is -2.27. The quantitative estimate of drug-likeness (QED) is 0.749. The summed E-state index contributed by atoms with van der Waals surface area (Å²) in [5.41, 5.74) is 0.376. The number of nitrogens with zero attached hydrogens (tertiary/aromatic N) is 2. The second-order valence-electron chi connectivity index (χ2n) is 4.41. The Labute approximate surface area is 101 Å². The van der Waals surface area contributed by atoms with Gasteiger partial charge in [0.15, 0.2) is 5.69 Å². The zero-order valence-corrected chi connectivity index (χ0v) is 10.3.